The van der Waals surface area contributed by atoms with Crippen LogP contribution in [0.1, 0.15) is 35.4 Å². The number of nitrogens with one attached hydrogen (secondary N) is 2. The number of fused-ring (bicyclic) bond motifs is 1. The van der Waals surface area contributed by atoms with Gasteiger partial charge in [0.2, 0.25) is 0 Å². The van der Waals surface area contributed by atoms with Gasteiger partial charge in [-0.3, -0.25) is 9.52 Å². The quantitative estimate of drug-likeness (QED) is 0.402. The number of benzene rings is 2. The fraction of sp³-hybridized carbons (Fsp3) is 0.208. The van der Waals surface area contributed by atoms with Crippen molar-refractivity contribution in [3.8, 4) is 11.4 Å². The highest BCUT2D eigenvalue weighted by atomic mass is 32.2. The molecule has 174 valence electrons. The molecule has 10 heteroatoms. The molecule has 2 aromatic carbocycles. The minimum Gasteiger partial charge on any atom is -0.322 e. The van der Waals surface area contributed by atoms with Crippen LogP contribution in [0.15, 0.2) is 70.3 Å². The zero-order chi connectivity index (χ0) is 23.5. The summed E-state index contributed by atoms with van der Waals surface area (Å²) in [5, 5.41) is 13.4. The van der Waals surface area contributed by atoms with Gasteiger partial charge in [-0.2, -0.15) is 0 Å². The van der Waals surface area contributed by atoms with Crippen LogP contribution in [0.4, 0.5) is 11.4 Å². The Balaban J connectivity index is 1.29. The Hall–Kier alpha value is -3.50. The van der Waals surface area contributed by atoms with Crippen LogP contribution in [0.5, 0.6) is 0 Å². The maximum Gasteiger partial charge on any atom is 0.271 e. The third-order valence-corrected chi connectivity index (χ3v) is 8.43. The van der Waals surface area contributed by atoms with Crippen LogP contribution < -0.4 is 10.0 Å². The number of thiophene rings is 1. The Kier molecular flexibility index (Phi) is 6.16. The van der Waals surface area contributed by atoms with E-state index in [1.165, 1.54) is 6.42 Å². The number of carbonyl (C=O) groups excluding carboxylic acids is 1. The van der Waals surface area contributed by atoms with Crippen molar-refractivity contribution >= 4 is 38.6 Å². The second kappa shape index (κ2) is 9.40. The van der Waals surface area contributed by atoms with Gasteiger partial charge in [-0.25, -0.2) is 8.42 Å². The highest BCUT2D eigenvalue weighted by Gasteiger charge is 2.17. The number of anilines is 2. The highest BCUT2D eigenvalue weighted by Crippen LogP contribution is 2.25. The molecule has 5 rings (SSSR count). The van der Waals surface area contributed by atoms with E-state index < -0.39 is 10.0 Å². The molecular formula is C24H23N5O3S2. The lowest BCUT2D eigenvalue weighted by atomic mass is 10.1. The summed E-state index contributed by atoms with van der Waals surface area (Å²) in [4.78, 5) is 12.8. The van der Waals surface area contributed by atoms with Crippen LogP contribution in [-0.4, -0.2) is 29.1 Å². The number of nitrogens with zero attached hydrogens (tertiary/aromatic N) is 3. The van der Waals surface area contributed by atoms with Crippen LogP contribution >= 0.6 is 11.3 Å². The molecular weight excluding hydrogens is 470 g/mol. The largest absolute Gasteiger partial charge is 0.322 e. The molecule has 34 heavy (non-hydrogen) atoms. The molecule has 1 aliphatic heterocycles. The van der Waals surface area contributed by atoms with Gasteiger partial charge in [0, 0.05) is 35.5 Å². The molecule has 0 bridgehead atoms. The van der Waals surface area contributed by atoms with Gasteiger partial charge < -0.3 is 9.88 Å². The Labute approximate surface area is 201 Å². The minimum absolute atomic E-state index is 0.235. The number of amides is 1. The molecule has 0 radical (unpaired) electrons. The van der Waals surface area contributed by atoms with Crippen LogP contribution in [0.2, 0.25) is 0 Å². The van der Waals surface area contributed by atoms with Crippen molar-refractivity contribution in [1.82, 2.24) is 14.8 Å². The monoisotopic (exact) mass is 493 g/mol. The van der Waals surface area contributed by atoms with Crippen molar-refractivity contribution < 1.29 is 13.2 Å². The summed E-state index contributed by atoms with van der Waals surface area (Å²) in [6, 6.07) is 17.1. The van der Waals surface area contributed by atoms with Crippen LogP contribution in [-0.2, 0) is 23.0 Å². The van der Waals surface area contributed by atoms with Crippen molar-refractivity contribution in [2.24, 2.45) is 0 Å². The van der Waals surface area contributed by atoms with Crippen molar-refractivity contribution in [3.05, 3.63) is 77.4 Å². The van der Waals surface area contributed by atoms with E-state index in [1.54, 1.807) is 41.8 Å². The second-order valence-corrected chi connectivity index (χ2v) is 10.9. The van der Waals surface area contributed by atoms with E-state index in [1.807, 2.05) is 24.3 Å². The number of carbonyl (C=O) groups is 1. The summed E-state index contributed by atoms with van der Waals surface area (Å²) in [6.45, 7) is 0.900. The van der Waals surface area contributed by atoms with Crippen LogP contribution in [0.25, 0.3) is 11.4 Å². The number of hydrogen-bond acceptors (Lipinski definition) is 6. The van der Waals surface area contributed by atoms with E-state index in [0.29, 0.717) is 16.9 Å². The topological polar surface area (TPSA) is 106 Å². The first kappa shape index (κ1) is 22.3. The van der Waals surface area contributed by atoms with Crippen molar-refractivity contribution in [2.45, 2.75) is 36.4 Å². The van der Waals surface area contributed by atoms with Gasteiger partial charge in [-0.1, -0.05) is 24.6 Å². The predicted octanol–water partition coefficient (Wildman–Crippen LogP) is 4.79. The Morgan fingerprint density at radius 3 is 2.59 bits per heavy atom. The zero-order valence-electron chi connectivity index (χ0n) is 18.3. The molecule has 1 amide bonds. The minimum atomic E-state index is -3.63. The van der Waals surface area contributed by atoms with E-state index in [0.717, 1.165) is 54.4 Å². The first-order chi connectivity index (χ1) is 16.5. The lowest BCUT2D eigenvalue weighted by Crippen LogP contribution is -2.13. The third-order valence-electron chi connectivity index (χ3n) is 5.65. The van der Waals surface area contributed by atoms with Gasteiger partial charge >= 0.3 is 0 Å². The van der Waals surface area contributed by atoms with Crippen LogP contribution in [0, 0.1) is 0 Å². The average Bonchev–Trinajstić information content (AvgIpc) is 3.46. The van der Waals surface area contributed by atoms with Crippen molar-refractivity contribution in [2.75, 3.05) is 10.0 Å². The highest BCUT2D eigenvalue weighted by molar-refractivity contribution is 7.94. The van der Waals surface area contributed by atoms with Crippen molar-refractivity contribution in [3.63, 3.8) is 0 Å². The Bertz CT molecular complexity index is 1410. The lowest BCUT2D eigenvalue weighted by Gasteiger charge is -2.10. The van der Waals surface area contributed by atoms with Gasteiger partial charge in [-0.05, 0) is 60.7 Å². The Morgan fingerprint density at radius 1 is 0.941 bits per heavy atom. The number of hydrogen-bond donors (Lipinski definition) is 2. The molecule has 2 aromatic heterocycles. The average molecular weight is 494 g/mol. The predicted molar refractivity (Wildman–Crippen MR) is 133 cm³/mol. The molecule has 0 fully saturated rings. The fourth-order valence-corrected chi connectivity index (χ4v) is 6.00. The zero-order valence-corrected chi connectivity index (χ0v) is 19.9. The first-order valence-corrected chi connectivity index (χ1v) is 13.4. The molecule has 0 saturated heterocycles. The van der Waals surface area contributed by atoms with Gasteiger partial charge in [-0.15, -0.1) is 21.5 Å². The fourth-order valence-electron chi connectivity index (χ4n) is 3.95. The molecule has 4 aromatic rings. The van der Waals surface area contributed by atoms with E-state index in [9.17, 15) is 13.2 Å². The van der Waals surface area contributed by atoms with E-state index in [4.69, 9.17) is 0 Å². The molecule has 0 unspecified atom stereocenters. The SMILES string of the molecule is O=C(Nc1cccc(-c2nnc3n2CCCCC3)c1)c1ccc(NS(=O)(=O)c2cccs2)cc1. The van der Waals surface area contributed by atoms with E-state index in [2.05, 4.69) is 24.8 Å². The van der Waals surface area contributed by atoms with Gasteiger partial charge in [0.05, 0.1) is 0 Å². The maximum absolute atomic E-state index is 12.8. The normalized spacial score (nSPS) is 13.6. The molecule has 0 spiro atoms. The van der Waals surface area contributed by atoms with E-state index >= 15 is 0 Å². The standard InChI is InChI=1S/C24H23N5O3S2/c30-24(17-10-12-19(13-11-17)28-34(31,32)22-9-5-15-33-22)25-20-7-4-6-18(16-20)23-27-26-21-8-2-1-3-14-29(21)23/h4-7,9-13,15-16,28H,1-3,8,14H2,(H,25,30). The number of aromatic nitrogens is 3. The summed E-state index contributed by atoms with van der Waals surface area (Å²) >= 11 is 1.14. The Morgan fingerprint density at radius 2 is 1.79 bits per heavy atom. The second-order valence-electron chi connectivity index (χ2n) is 8.05. The van der Waals surface area contributed by atoms with Gasteiger partial charge in [0.25, 0.3) is 15.9 Å². The lowest BCUT2D eigenvalue weighted by molar-refractivity contribution is 0.102. The summed E-state index contributed by atoms with van der Waals surface area (Å²) in [5.74, 6) is 1.54. The molecule has 0 aliphatic carbocycles. The maximum atomic E-state index is 12.8. The first-order valence-electron chi connectivity index (χ1n) is 11.0. The molecule has 8 nitrogen and oxygen atoms in total. The number of rotatable bonds is 6. The molecule has 3 heterocycles. The van der Waals surface area contributed by atoms with E-state index in [-0.39, 0.29) is 10.1 Å². The summed E-state index contributed by atoms with van der Waals surface area (Å²) in [7, 11) is -3.63. The van der Waals surface area contributed by atoms with Gasteiger partial charge in [0.1, 0.15) is 10.0 Å². The number of aryl methyl sites for hydroxylation is 1. The van der Waals surface area contributed by atoms with Crippen molar-refractivity contribution in [1.29, 1.82) is 0 Å². The molecule has 0 saturated carbocycles. The summed E-state index contributed by atoms with van der Waals surface area (Å²) in [6.07, 6.45) is 4.35. The van der Waals surface area contributed by atoms with Gasteiger partial charge in [0.15, 0.2) is 5.82 Å². The summed E-state index contributed by atoms with van der Waals surface area (Å²) in [5.41, 5.74) is 2.35. The summed E-state index contributed by atoms with van der Waals surface area (Å²) < 4.78 is 29.7. The molecule has 2 N–H and O–H groups in total. The smallest absolute Gasteiger partial charge is 0.271 e. The molecule has 0 atom stereocenters. The molecule has 1 aliphatic rings. The third kappa shape index (κ3) is 4.73. The van der Waals surface area contributed by atoms with Crippen LogP contribution in [0.3, 0.4) is 0 Å². The number of sulfonamides is 1.